The summed E-state index contributed by atoms with van der Waals surface area (Å²) >= 11 is 0. The van der Waals surface area contributed by atoms with Gasteiger partial charge in [0.2, 0.25) is 0 Å². The zero-order chi connectivity index (χ0) is 24.2. The van der Waals surface area contributed by atoms with Gasteiger partial charge in [0, 0.05) is 17.7 Å². The van der Waals surface area contributed by atoms with E-state index in [1.54, 1.807) is 6.07 Å². The number of carbonyl (C=O) groups is 1. The topological polar surface area (TPSA) is 84.6 Å². The first kappa shape index (κ1) is 23.0. The third-order valence-corrected chi connectivity index (χ3v) is 6.81. The number of aromatic hydroxyl groups is 1. The van der Waals surface area contributed by atoms with Crippen LogP contribution in [-0.2, 0) is 6.42 Å². The number of benzene rings is 3. The van der Waals surface area contributed by atoms with Crippen molar-refractivity contribution in [2.24, 2.45) is 0 Å². The van der Waals surface area contributed by atoms with Gasteiger partial charge in [-0.1, -0.05) is 49.6 Å². The Balaban J connectivity index is 1.39. The maximum Gasteiger partial charge on any atom is 0.339 e. The number of hydrogen-bond donors (Lipinski definition) is 2. The third kappa shape index (κ3) is 5.02. The van der Waals surface area contributed by atoms with E-state index < -0.39 is 5.97 Å². The molecule has 0 radical (unpaired) electrons. The van der Waals surface area contributed by atoms with Crippen molar-refractivity contribution in [2.75, 3.05) is 6.61 Å². The number of imidazole rings is 1. The van der Waals surface area contributed by atoms with Crippen LogP contribution in [0.2, 0.25) is 0 Å². The molecule has 6 heteroatoms. The average Bonchev–Trinajstić information content (AvgIpc) is 3.25. The molecule has 4 aromatic rings. The molecule has 0 amide bonds. The molecule has 1 fully saturated rings. The maximum absolute atomic E-state index is 11.5. The molecular formula is C29H30N2O4. The lowest BCUT2D eigenvalue weighted by atomic mass is 9.94. The Morgan fingerprint density at radius 1 is 1.00 bits per heavy atom. The van der Waals surface area contributed by atoms with E-state index in [2.05, 4.69) is 28.8 Å². The van der Waals surface area contributed by atoms with E-state index in [1.165, 1.54) is 18.1 Å². The number of nitrogens with zero attached hydrogens (tertiary/aromatic N) is 2. The zero-order valence-electron chi connectivity index (χ0n) is 19.7. The van der Waals surface area contributed by atoms with E-state index in [9.17, 15) is 15.0 Å². The van der Waals surface area contributed by atoms with Gasteiger partial charge in [-0.05, 0) is 61.6 Å². The van der Waals surface area contributed by atoms with Gasteiger partial charge in [0.15, 0.2) is 0 Å². The number of fused-ring (bicyclic) bond motifs is 1. The van der Waals surface area contributed by atoms with Crippen LogP contribution in [0.4, 0.5) is 0 Å². The second-order valence-corrected chi connectivity index (χ2v) is 9.22. The summed E-state index contributed by atoms with van der Waals surface area (Å²) in [6.07, 6.45) is 7.54. The van der Waals surface area contributed by atoms with Crippen molar-refractivity contribution in [2.45, 2.75) is 51.0 Å². The summed E-state index contributed by atoms with van der Waals surface area (Å²) in [6.45, 7) is 0.645. The van der Waals surface area contributed by atoms with Crippen LogP contribution in [0.15, 0.2) is 66.7 Å². The van der Waals surface area contributed by atoms with Crippen LogP contribution in [0.5, 0.6) is 11.5 Å². The standard InChI is InChI=1S/C29H30N2O4/c32-27-19-26-25(18-24(27)29(33)34)30-28(31(26)22-11-5-2-6-12-22)21-13-15-23(16-14-21)35-17-7-10-20-8-3-1-4-9-20/h1,3-4,8-9,13-16,18-19,22,32H,2,5-7,10-12,17H2,(H,33,34). The van der Waals surface area contributed by atoms with Crippen LogP contribution >= 0.6 is 0 Å². The van der Waals surface area contributed by atoms with Crippen molar-refractivity contribution in [3.8, 4) is 22.9 Å². The van der Waals surface area contributed by atoms with Crippen LogP contribution in [0.25, 0.3) is 22.4 Å². The SMILES string of the molecule is O=C(O)c1cc2nc(-c3ccc(OCCCc4ccccc4)cc3)n(C3CCCCC3)c2cc1O. The fraction of sp³-hybridized carbons (Fsp3) is 0.310. The van der Waals surface area contributed by atoms with Gasteiger partial charge in [-0.25, -0.2) is 9.78 Å². The van der Waals surface area contributed by atoms with Gasteiger partial charge in [0.05, 0.1) is 17.6 Å². The smallest absolute Gasteiger partial charge is 0.339 e. The second kappa shape index (κ2) is 10.2. The Morgan fingerprint density at radius 3 is 2.46 bits per heavy atom. The fourth-order valence-corrected chi connectivity index (χ4v) is 5.03. The molecule has 0 unspecified atom stereocenters. The number of aromatic nitrogens is 2. The van der Waals surface area contributed by atoms with Crippen molar-refractivity contribution in [1.82, 2.24) is 9.55 Å². The first-order chi connectivity index (χ1) is 17.1. The summed E-state index contributed by atoms with van der Waals surface area (Å²) in [5.74, 6) is 0.220. The Kier molecular flexibility index (Phi) is 6.70. The van der Waals surface area contributed by atoms with Gasteiger partial charge in [0.25, 0.3) is 0 Å². The van der Waals surface area contributed by atoms with Crippen molar-refractivity contribution >= 4 is 17.0 Å². The highest BCUT2D eigenvalue weighted by atomic mass is 16.5. The Hall–Kier alpha value is -3.80. The Labute approximate surface area is 204 Å². The monoisotopic (exact) mass is 470 g/mol. The lowest BCUT2D eigenvalue weighted by molar-refractivity contribution is 0.0694. The first-order valence-corrected chi connectivity index (χ1v) is 12.4. The van der Waals surface area contributed by atoms with Crippen LogP contribution < -0.4 is 4.74 Å². The van der Waals surface area contributed by atoms with Crippen molar-refractivity contribution in [3.63, 3.8) is 0 Å². The molecule has 0 aliphatic heterocycles. The molecule has 6 nitrogen and oxygen atoms in total. The molecule has 1 aromatic heterocycles. The van der Waals surface area contributed by atoms with Gasteiger partial charge < -0.3 is 19.5 Å². The minimum absolute atomic E-state index is 0.128. The molecule has 1 heterocycles. The number of carboxylic acids is 1. The minimum atomic E-state index is -1.16. The quantitative estimate of drug-likeness (QED) is 0.283. The van der Waals surface area contributed by atoms with Crippen molar-refractivity contribution < 1.29 is 19.7 Å². The van der Waals surface area contributed by atoms with E-state index in [4.69, 9.17) is 9.72 Å². The number of ether oxygens (including phenoxy) is 1. The van der Waals surface area contributed by atoms with E-state index in [0.717, 1.165) is 61.2 Å². The number of aryl methyl sites for hydroxylation is 1. The van der Waals surface area contributed by atoms with Crippen LogP contribution in [0.3, 0.4) is 0 Å². The first-order valence-electron chi connectivity index (χ1n) is 12.4. The molecule has 180 valence electrons. The highest BCUT2D eigenvalue weighted by Crippen LogP contribution is 2.38. The number of aromatic carboxylic acids is 1. The van der Waals surface area contributed by atoms with Gasteiger partial charge >= 0.3 is 5.97 Å². The fourth-order valence-electron chi connectivity index (χ4n) is 5.03. The molecule has 0 bridgehead atoms. The lowest BCUT2D eigenvalue weighted by Crippen LogP contribution is -2.14. The van der Waals surface area contributed by atoms with Gasteiger partial charge in [-0.15, -0.1) is 0 Å². The van der Waals surface area contributed by atoms with Gasteiger partial charge in [0.1, 0.15) is 22.9 Å². The number of phenols is 1. The summed E-state index contributed by atoms with van der Waals surface area (Å²) in [4.78, 5) is 16.4. The largest absolute Gasteiger partial charge is 0.507 e. The maximum atomic E-state index is 11.5. The number of carboxylic acid groups (broad SMARTS) is 1. The second-order valence-electron chi connectivity index (χ2n) is 9.22. The zero-order valence-corrected chi connectivity index (χ0v) is 19.7. The summed E-state index contributed by atoms with van der Waals surface area (Å²) in [5.41, 5.74) is 3.49. The number of hydrogen-bond acceptors (Lipinski definition) is 4. The molecule has 1 saturated carbocycles. The third-order valence-electron chi connectivity index (χ3n) is 6.81. The Bertz CT molecular complexity index is 1310. The van der Waals surface area contributed by atoms with Gasteiger partial charge in [-0.2, -0.15) is 0 Å². The molecule has 0 spiro atoms. The average molecular weight is 471 g/mol. The van der Waals surface area contributed by atoms with Gasteiger partial charge in [-0.3, -0.25) is 0 Å². The lowest BCUT2D eigenvalue weighted by Gasteiger charge is -2.25. The van der Waals surface area contributed by atoms with Crippen molar-refractivity contribution in [1.29, 1.82) is 0 Å². The summed E-state index contributed by atoms with van der Waals surface area (Å²) in [7, 11) is 0. The summed E-state index contributed by atoms with van der Waals surface area (Å²) in [5, 5.41) is 19.8. The summed E-state index contributed by atoms with van der Waals surface area (Å²) < 4.78 is 8.15. The van der Waals surface area contributed by atoms with E-state index in [1.807, 2.05) is 30.3 Å². The van der Waals surface area contributed by atoms with Crippen molar-refractivity contribution in [3.05, 3.63) is 77.9 Å². The molecule has 35 heavy (non-hydrogen) atoms. The van der Waals surface area contributed by atoms with E-state index >= 15 is 0 Å². The molecule has 1 aliphatic carbocycles. The predicted molar refractivity (Wildman–Crippen MR) is 136 cm³/mol. The molecular weight excluding hydrogens is 440 g/mol. The van der Waals surface area contributed by atoms with Crippen LogP contribution in [0.1, 0.15) is 60.5 Å². The highest BCUT2D eigenvalue weighted by Gasteiger charge is 2.24. The minimum Gasteiger partial charge on any atom is -0.507 e. The van der Waals surface area contributed by atoms with E-state index in [-0.39, 0.29) is 17.4 Å². The molecule has 0 saturated heterocycles. The molecule has 2 N–H and O–H groups in total. The molecule has 5 rings (SSSR count). The predicted octanol–water partition coefficient (Wildman–Crippen LogP) is 6.62. The van der Waals surface area contributed by atoms with Crippen LogP contribution in [-0.4, -0.2) is 32.3 Å². The molecule has 1 aliphatic rings. The summed E-state index contributed by atoms with van der Waals surface area (Å²) in [6, 6.07) is 21.6. The molecule has 3 aromatic carbocycles. The number of rotatable bonds is 8. The van der Waals surface area contributed by atoms with Crippen LogP contribution in [0, 0.1) is 0 Å². The highest BCUT2D eigenvalue weighted by molar-refractivity contribution is 5.96. The Morgan fingerprint density at radius 2 is 1.74 bits per heavy atom. The van der Waals surface area contributed by atoms with E-state index in [0.29, 0.717) is 12.1 Å². The normalized spacial score (nSPS) is 14.3. The molecule has 0 atom stereocenters.